The van der Waals surface area contributed by atoms with Gasteiger partial charge in [-0.25, -0.2) is 5.06 Å². The molecule has 1 saturated carbocycles. The predicted molar refractivity (Wildman–Crippen MR) is 41.6 cm³/mol. The van der Waals surface area contributed by atoms with Crippen LogP contribution in [0.4, 0.5) is 0 Å². The lowest BCUT2D eigenvalue weighted by Gasteiger charge is -2.09. The van der Waals surface area contributed by atoms with Gasteiger partial charge in [-0.1, -0.05) is 6.08 Å². The fraction of sp³-hybridized carbons (Fsp3) is 0.625. The van der Waals surface area contributed by atoms with Crippen molar-refractivity contribution in [1.82, 2.24) is 5.06 Å². The highest BCUT2D eigenvalue weighted by molar-refractivity contribution is 5.86. The summed E-state index contributed by atoms with van der Waals surface area (Å²) in [5.74, 6) is 0.545. The van der Waals surface area contributed by atoms with Crippen molar-refractivity contribution in [3.05, 3.63) is 12.2 Å². The Balaban J connectivity index is 2.28. The minimum atomic E-state index is -0.0978. The van der Waals surface area contributed by atoms with Crippen molar-refractivity contribution in [1.29, 1.82) is 0 Å². The molecule has 0 unspecified atom stereocenters. The zero-order valence-corrected chi connectivity index (χ0v) is 6.91. The first kappa shape index (κ1) is 8.27. The van der Waals surface area contributed by atoms with Gasteiger partial charge in [-0.05, 0) is 18.8 Å². The molecule has 0 spiro atoms. The van der Waals surface area contributed by atoms with Crippen LogP contribution in [0, 0.1) is 5.92 Å². The molecule has 1 fully saturated rings. The highest BCUT2D eigenvalue weighted by atomic mass is 16.7. The van der Waals surface area contributed by atoms with E-state index in [1.807, 2.05) is 6.08 Å². The second-order valence-corrected chi connectivity index (χ2v) is 2.71. The molecule has 0 aromatic heterocycles. The Morgan fingerprint density at radius 2 is 2.27 bits per heavy atom. The van der Waals surface area contributed by atoms with E-state index in [-0.39, 0.29) is 5.91 Å². The van der Waals surface area contributed by atoms with Crippen LogP contribution in [0.3, 0.4) is 0 Å². The highest BCUT2D eigenvalue weighted by Gasteiger charge is 2.17. The van der Waals surface area contributed by atoms with Crippen molar-refractivity contribution >= 4 is 5.91 Å². The van der Waals surface area contributed by atoms with Gasteiger partial charge in [-0.15, -0.1) is 0 Å². The van der Waals surface area contributed by atoms with Gasteiger partial charge in [-0.3, -0.25) is 9.63 Å². The molecule has 0 atom stereocenters. The first-order chi connectivity index (χ1) is 5.24. The first-order valence-electron chi connectivity index (χ1n) is 3.74. The molecule has 0 heterocycles. The zero-order chi connectivity index (χ0) is 8.27. The average Bonchev–Trinajstić information content (AvgIpc) is 2.81. The smallest absolute Gasteiger partial charge is 0.269 e. The minimum absolute atomic E-state index is 0.0978. The molecular formula is C8H13NO2. The van der Waals surface area contributed by atoms with Crippen molar-refractivity contribution < 1.29 is 9.63 Å². The minimum Gasteiger partial charge on any atom is -0.274 e. The fourth-order valence-electron chi connectivity index (χ4n) is 0.702. The Hall–Kier alpha value is -0.830. The number of carbonyl (C=O) groups excluding carboxylic acids is 1. The Kier molecular flexibility index (Phi) is 2.65. The van der Waals surface area contributed by atoms with Gasteiger partial charge in [0, 0.05) is 13.1 Å². The number of allylic oxidation sites excluding steroid dienone is 1. The molecule has 0 N–H and O–H groups in total. The Bertz CT molecular complexity index is 173. The molecule has 0 aliphatic heterocycles. The standard InChI is InChI=1S/C8H13NO2/c1-9(11-2)8(10)6-5-7-3-4-7/h5-7H,3-4H2,1-2H3/b6-5+. The molecule has 0 aromatic rings. The summed E-state index contributed by atoms with van der Waals surface area (Å²) in [6.45, 7) is 0. The van der Waals surface area contributed by atoms with Gasteiger partial charge in [0.2, 0.25) is 0 Å². The number of likely N-dealkylation sites (N-methyl/N-ethyl adjacent to an activating group) is 1. The van der Waals surface area contributed by atoms with Crippen LogP contribution < -0.4 is 0 Å². The molecule has 3 heteroatoms. The van der Waals surface area contributed by atoms with Crippen LogP contribution in [0.1, 0.15) is 12.8 Å². The third-order valence-corrected chi connectivity index (χ3v) is 1.72. The summed E-state index contributed by atoms with van der Waals surface area (Å²) >= 11 is 0. The van der Waals surface area contributed by atoms with Crippen LogP contribution in [0.5, 0.6) is 0 Å². The molecule has 0 radical (unpaired) electrons. The maximum atomic E-state index is 11.0. The molecule has 0 aromatic carbocycles. The van der Waals surface area contributed by atoms with Crippen molar-refractivity contribution in [3.63, 3.8) is 0 Å². The van der Waals surface area contributed by atoms with Crippen LogP contribution >= 0.6 is 0 Å². The van der Waals surface area contributed by atoms with Crippen LogP contribution in [0.2, 0.25) is 0 Å². The summed E-state index contributed by atoms with van der Waals surface area (Å²) in [6, 6.07) is 0. The number of carbonyl (C=O) groups is 1. The summed E-state index contributed by atoms with van der Waals surface area (Å²) in [7, 11) is 3.07. The van der Waals surface area contributed by atoms with Gasteiger partial charge >= 0.3 is 0 Å². The van der Waals surface area contributed by atoms with Gasteiger partial charge in [0.25, 0.3) is 5.91 Å². The third kappa shape index (κ3) is 2.72. The Labute approximate surface area is 66.6 Å². The molecule has 1 rings (SSSR count). The second-order valence-electron chi connectivity index (χ2n) is 2.71. The van der Waals surface area contributed by atoms with Gasteiger partial charge in [0.15, 0.2) is 0 Å². The molecule has 0 bridgehead atoms. The summed E-state index contributed by atoms with van der Waals surface area (Å²) in [5, 5.41) is 1.21. The molecular weight excluding hydrogens is 142 g/mol. The van der Waals surface area contributed by atoms with Crippen LogP contribution in [-0.2, 0) is 9.63 Å². The Morgan fingerprint density at radius 1 is 1.64 bits per heavy atom. The van der Waals surface area contributed by atoms with Crippen LogP contribution in [0.25, 0.3) is 0 Å². The quantitative estimate of drug-likeness (QED) is 0.449. The lowest BCUT2D eigenvalue weighted by Crippen LogP contribution is -2.23. The summed E-state index contributed by atoms with van der Waals surface area (Å²) in [5.41, 5.74) is 0. The van der Waals surface area contributed by atoms with Crippen LogP contribution in [-0.4, -0.2) is 25.1 Å². The van der Waals surface area contributed by atoms with E-state index in [1.54, 1.807) is 13.1 Å². The molecule has 11 heavy (non-hydrogen) atoms. The number of nitrogens with zero attached hydrogens (tertiary/aromatic N) is 1. The molecule has 3 nitrogen and oxygen atoms in total. The monoisotopic (exact) mass is 155 g/mol. The lowest BCUT2D eigenvalue weighted by molar-refractivity contribution is -0.162. The number of hydroxylamine groups is 2. The van der Waals surface area contributed by atoms with E-state index in [4.69, 9.17) is 4.84 Å². The van der Waals surface area contributed by atoms with Crippen molar-refractivity contribution in [2.75, 3.05) is 14.2 Å². The summed E-state index contributed by atoms with van der Waals surface area (Å²) in [6.07, 6.45) is 5.96. The molecule has 62 valence electrons. The van der Waals surface area contributed by atoms with Gasteiger partial charge in [0.05, 0.1) is 7.11 Å². The van der Waals surface area contributed by atoms with E-state index in [0.717, 1.165) is 0 Å². The third-order valence-electron chi connectivity index (χ3n) is 1.72. The fourth-order valence-corrected chi connectivity index (χ4v) is 0.702. The zero-order valence-electron chi connectivity index (χ0n) is 6.91. The van der Waals surface area contributed by atoms with E-state index in [9.17, 15) is 4.79 Å². The maximum absolute atomic E-state index is 11.0. The van der Waals surface area contributed by atoms with Crippen molar-refractivity contribution in [2.24, 2.45) is 5.92 Å². The predicted octanol–water partition coefficient (Wildman–Crippen LogP) is 0.972. The van der Waals surface area contributed by atoms with E-state index in [0.29, 0.717) is 5.92 Å². The highest BCUT2D eigenvalue weighted by Crippen LogP contribution is 2.29. The van der Waals surface area contributed by atoms with Crippen molar-refractivity contribution in [2.45, 2.75) is 12.8 Å². The van der Waals surface area contributed by atoms with E-state index >= 15 is 0 Å². The number of rotatable bonds is 3. The molecule has 0 saturated heterocycles. The first-order valence-corrected chi connectivity index (χ1v) is 3.74. The largest absolute Gasteiger partial charge is 0.274 e. The molecule has 1 amide bonds. The molecule has 1 aliphatic carbocycles. The normalized spacial score (nSPS) is 17.3. The number of hydrogen-bond acceptors (Lipinski definition) is 2. The van der Waals surface area contributed by atoms with E-state index in [2.05, 4.69) is 0 Å². The Morgan fingerprint density at radius 3 is 2.73 bits per heavy atom. The topological polar surface area (TPSA) is 29.5 Å². The van der Waals surface area contributed by atoms with Crippen molar-refractivity contribution in [3.8, 4) is 0 Å². The lowest BCUT2D eigenvalue weighted by atomic mass is 10.3. The summed E-state index contributed by atoms with van der Waals surface area (Å²) < 4.78 is 0. The van der Waals surface area contributed by atoms with Gasteiger partial charge in [-0.2, -0.15) is 0 Å². The van der Waals surface area contributed by atoms with Crippen LogP contribution in [0.15, 0.2) is 12.2 Å². The SMILES string of the molecule is CON(C)C(=O)/C=C/C1CC1. The average molecular weight is 155 g/mol. The van der Waals surface area contributed by atoms with E-state index < -0.39 is 0 Å². The maximum Gasteiger partial charge on any atom is 0.269 e. The van der Waals surface area contributed by atoms with E-state index in [1.165, 1.54) is 25.0 Å². The second kappa shape index (κ2) is 3.53. The molecule has 1 aliphatic rings. The number of hydrogen-bond donors (Lipinski definition) is 0. The van der Waals surface area contributed by atoms with Gasteiger partial charge in [0.1, 0.15) is 0 Å². The number of amides is 1. The summed E-state index contributed by atoms with van der Waals surface area (Å²) in [4.78, 5) is 15.7. The van der Waals surface area contributed by atoms with Gasteiger partial charge < -0.3 is 0 Å².